The van der Waals surface area contributed by atoms with E-state index in [0.29, 0.717) is 0 Å². The first kappa shape index (κ1) is 8.11. The van der Waals surface area contributed by atoms with Gasteiger partial charge in [-0.15, -0.1) is 0 Å². The summed E-state index contributed by atoms with van der Waals surface area (Å²) in [6.45, 7) is 0. The van der Waals surface area contributed by atoms with Crippen LogP contribution in [0.25, 0.3) is 0 Å². The Bertz CT molecular complexity index is 147. The summed E-state index contributed by atoms with van der Waals surface area (Å²) in [6, 6.07) is 0. The Hall–Kier alpha value is 0.110. The van der Waals surface area contributed by atoms with Gasteiger partial charge in [-0.3, -0.25) is 0 Å². The molecule has 0 atom stereocenters. The third kappa shape index (κ3) is 2.43. The zero-order chi connectivity index (χ0) is 5.11. The van der Waals surface area contributed by atoms with Crippen LogP contribution >= 0.6 is 15.9 Å². The van der Waals surface area contributed by atoms with Crippen LogP contribution in [-0.2, 0) is 0 Å². The van der Waals surface area contributed by atoms with Gasteiger partial charge in [-0.05, 0) is 6.08 Å². The van der Waals surface area contributed by atoms with E-state index in [2.05, 4.69) is 20.9 Å². The molecule has 0 saturated carbocycles. The summed E-state index contributed by atoms with van der Waals surface area (Å²) in [5, 5.41) is 0. The van der Waals surface area contributed by atoms with Crippen LogP contribution in [0.3, 0.4) is 0 Å². The zero-order valence-electron chi connectivity index (χ0n) is 4.01. The lowest BCUT2D eigenvalue weighted by atomic mass is 10.4. The lowest BCUT2D eigenvalue weighted by Gasteiger charge is -1.71. The van der Waals surface area contributed by atoms with E-state index in [-0.39, 0.29) is 17.0 Å². The second-order valence-corrected chi connectivity index (χ2v) is 1.96. The summed E-state index contributed by atoms with van der Waals surface area (Å²) >= 11 is 3.20. The molecule has 0 spiro atoms. The van der Waals surface area contributed by atoms with Crippen LogP contribution in [-0.4, -0.2) is 6.21 Å². The monoisotopic (exact) mass is 236 g/mol. The van der Waals surface area contributed by atoms with Crippen LogP contribution in [0.1, 0.15) is 0 Å². The second-order valence-electron chi connectivity index (χ2n) is 1.15. The minimum Gasteiger partial charge on any atom is -1.00 e. The number of halogens is 2. The highest BCUT2D eigenvalue weighted by atomic mass is 79.9. The van der Waals surface area contributed by atoms with Gasteiger partial charge >= 0.3 is 4.61 Å². The molecule has 0 unspecified atom stereocenters. The minimum atomic E-state index is 0. The molecule has 0 aromatic rings. The molecule has 0 aliphatic carbocycles. The summed E-state index contributed by atoms with van der Waals surface area (Å²) in [6.07, 6.45) is 7.44. The van der Waals surface area contributed by atoms with E-state index >= 15 is 0 Å². The number of aliphatic imine (C=N–C) groups is 1. The predicted octanol–water partition coefficient (Wildman–Crippen LogP) is -1.80. The standard InChI is InChI=1S/C5H4BrN.BrH/c6-5-3-1-2-4-7-5;/h1-4H;1H/q+1;/p-1. The molecule has 0 bridgehead atoms. The van der Waals surface area contributed by atoms with E-state index in [1.807, 2.05) is 18.2 Å². The SMILES string of the molecule is BrC1=CC=CC=[N+]1.[Br-]. The second kappa shape index (κ2) is 4.04. The van der Waals surface area contributed by atoms with Crippen molar-refractivity contribution in [3.05, 3.63) is 22.8 Å². The van der Waals surface area contributed by atoms with Crippen LogP contribution in [0.15, 0.2) is 22.8 Å². The highest BCUT2D eigenvalue weighted by molar-refractivity contribution is 9.11. The van der Waals surface area contributed by atoms with E-state index in [9.17, 15) is 0 Å². The van der Waals surface area contributed by atoms with Crippen molar-refractivity contribution < 1.29 is 17.0 Å². The molecule has 0 fully saturated rings. The van der Waals surface area contributed by atoms with Gasteiger partial charge in [0.1, 0.15) is 0 Å². The van der Waals surface area contributed by atoms with Gasteiger partial charge in [-0.2, -0.15) is 0 Å². The normalized spacial score (nSPS) is 14.9. The Morgan fingerprint density at radius 2 is 2.12 bits per heavy atom. The number of hydrogen-bond acceptors (Lipinski definition) is 1. The first-order chi connectivity index (χ1) is 3.39. The summed E-state index contributed by atoms with van der Waals surface area (Å²) in [5.41, 5.74) is 0. The van der Waals surface area contributed by atoms with Crippen molar-refractivity contribution in [3.63, 3.8) is 0 Å². The molecule has 1 radical (unpaired) electrons. The molecule has 0 aromatic heterocycles. The summed E-state index contributed by atoms with van der Waals surface area (Å²) in [4.78, 5) is 3.90. The quantitative estimate of drug-likeness (QED) is 0.442. The molecule has 43 valence electrons. The Kier molecular flexibility index (Phi) is 4.09. The van der Waals surface area contributed by atoms with E-state index in [1.54, 1.807) is 6.21 Å². The van der Waals surface area contributed by atoms with Crippen LogP contribution in [0.5, 0.6) is 0 Å². The maximum atomic E-state index is 3.90. The van der Waals surface area contributed by atoms with E-state index in [1.165, 1.54) is 0 Å². The van der Waals surface area contributed by atoms with Crippen LogP contribution in [0.4, 0.5) is 0 Å². The third-order valence-electron chi connectivity index (χ3n) is 0.629. The largest absolute Gasteiger partial charge is 1.00 e. The van der Waals surface area contributed by atoms with Crippen molar-refractivity contribution in [2.45, 2.75) is 0 Å². The van der Waals surface area contributed by atoms with Crippen LogP contribution in [0.2, 0.25) is 0 Å². The molecular weight excluding hydrogens is 234 g/mol. The summed E-state index contributed by atoms with van der Waals surface area (Å²) in [7, 11) is 0. The topological polar surface area (TPSA) is 14.1 Å². The lowest BCUT2D eigenvalue weighted by molar-refractivity contribution is -0.00000130. The van der Waals surface area contributed by atoms with Crippen molar-refractivity contribution in [2.24, 2.45) is 0 Å². The number of allylic oxidation sites excluding steroid dienone is 3. The number of nitrogens with zero attached hydrogens (tertiary/aromatic N) is 1. The molecule has 1 nitrogen and oxygen atoms in total. The molecule has 8 heavy (non-hydrogen) atoms. The Morgan fingerprint density at radius 3 is 2.38 bits per heavy atom. The van der Waals surface area contributed by atoms with Crippen molar-refractivity contribution >= 4 is 22.1 Å². The highest BCUT2D eigenvalue weighted by Gasteiger charge is 1.98. The molecule has 1 rings (SSSR count). The van der Waals surface area contributed by atoms with Gasteiger partial charge in [0.2, 0.25) is 6.21 Å². The van der Waals surface area contributed by atoms with Gasteiger partial charge in [-0.25, -0.2) is 0 Å². The molecular formula is C5H4Br2N. The fourth-order valence-corrected chi connectivity index (χ4v) is 0.613. The van der Waals surface area contributed by atoms with E-state index < -0.39 is 0 Å². The molecule has 3 heteroatoms. The van der Waals surface area contributed by atoms with Crippen molar-refractivity contribution in [1.82, 2.24) is 4.99 Å². The van der Waals surface area contributed by atoms with Crippen LogP contribution < -0.4 is 22.0 Å². The molecule has 0 aromatic carbocycles. The summed E-state index contributed by atoms with van der Waals surface area (Å²) < 4.78 is 0.884. The fraction of sp³-hybridized carbons (Fsp3) is 0. The predicted molar refractivity (Wildman–Crippen MR) is 34.3 cm³/mol. The van der Waals surface area contributed by atoms with Gasteiger partial charge in [0.05, 0.1) is 4.99 Å². The van der Waals surface area contributed by atoms with Gasteiger partial charge in [0.15, 0.2) is 0 Å². The first-order valence-electron chi connectivity index (χ1n) is 1.96. The summed E-state index contributed by atoms with van der Waals surface area (Å²) in [5.74, 6) is 0. The third-order valence-corrected chi connectivity index (χ3v) is 1.10. The van der Waals surface area contributed by atoms with Gasteiger partial charge < -0.3 is 17.0 Å². The van der Waals surface area contributed by atoms with Crippen molar-refractivity contribution in [2.75, 3.05) is 0 Å². The first-order valence-corrected chi connectivity index (χ1v) is 2.75. The number of rotatable bonds is 0. The van der Waals surface area contributed by atoms with Gasteiger partial charge in [0, 0.05) is 28.1 Å². The van der Waals surface area contributed by atoms with E-state index in [4.69, 9.17) is 0 Å². The average Bonchev–Trinajstić information content (AvgIpc) is 1.69. The molecule has 1 heterocycles. The Morgan fingerprint density at radius 1 is 1.38 bits per heavy atom. The van der Waals surface area contributed by atoms with Gasteiger partial charge in [-0.1, -0.05) is 0 Å². The fourth-order valence-electron chi connectivity index (χ4n) is 0.342. The molecule has 1 aliphatic rings. The van der Waals surface area contributed by atoms with Crippen molar-refractivity contribution in [3.8, 4) is 0 Å². The molecule has 0 saturated heterocycles. The van der Waals surface area contributed by atoms with Crippen LogP contribution in [0, 0.1) is 0 Å². The maximum absolute atomic E-state index is 3.90. The number of hydrogen-bond donors (Lipinski definition) is 0. The van der Waals surface area contributed by atoms with Crippen molar-refractivity contribution in [1.29, 1.82) is 0 Å². The van der Waals surface area contributed by atoms with Gasteiger partial charge in [0.25, 0.3) is 0 Å². The highest BCUT2D eigenvalue weighted by Crippen LogP contribution is 1.99. The Balaban J connectivity index is 0.000000490. The van der Waals surface area contributed by atoms with E-state index in [0.717, 1.165) is 4.61 Å². The zero-order valence-corrected chi connectivity index (χ0v) is 7.18. The smallest absolute Gasteiger partial charge is 0.318 e. The average molecular weight is 238 g/mol. The molecule has 0 amide bonds. The lowest BCUT2D eigenvalue weighted by Crippen LogP contribution is -3.00. The minimum absolute atomic E-state index is 0. The maximum Gasteiger partial charge on any atom is 0.318 e. The molecule has 1 aliphatic heterocycles. The Labute approximate surface area is 67.1 Å². The molecule has 0 N–H and O–H groups in total.